The highest BCUT2D eigenvalue weighted by atomic mass is 31.1. The number of ether oxygens (including phenoxy) is 1. The van der Waals surface area contributed by atoms with E-state index in [0.717, 1.165) is 25.3 Å². The summed E-state index contributed by atoms with van der Waals surface area (Å²) in [6.07, 6.45) is 1.49. The van der Waals surface area contributed by atoms with Crippen molar-refractivity contribution in [2.45, 2.75) is 25.1 Å². The van der Waals surface area contributed by atoms with Gasteiger partial charge in [0.15, 0.2) is 0 Å². The van der Waals surface area contributed by atoms with Crippen LogP contribution in [0.4, 0.5) is 30.6 Å². The third-order valence-electron chi connectivity index (χ3n) is 6.25. The Morgan fingerprint density at radius 1 is 1.18 bits per heavy atom. The predicted octanol–water partition coefficient (Wildman–Crippen LogP) is 4.36. The van der Waals surface area contributed by atoms with Gasteiger partial charge in [0.1, 0.15) is 17.2 Å². The highest BCUT2D eigenvalue weighted by Crippen LogP contribution is 2.42. The van der Waals surface area contributed by atoms with E-state index in [9.17, 15) is 13.2 Å². The summed E-state index contributed by atoms with van der Waals surface area (Å²) in [4.78, 5) is 13.7. The van der Waals surface area contributed by atoms with Crippen LogP contribution in [0.3, 0.4) is 0 Å². The van der Waals surface area contributed by atoms with Crippen molar-refractivity contribution in [1.82, 2.24) is 19.9 Å². The molecule has 5 rings (SSSR count). The molecule has 1 saturated carbocycles. The molecule has 0 unspecified atom stereocenters. The number of alkyl halides is 3. The number of nitrogens with zero attached hydrogens (tertiary/aromatic N) is 3. The molecule has 3 N–H and O–H groups in total. The van der Waals surface area contributed by atoms with Crippen molar-refractivity contribution >= 4 is 41.7 Å². The number of halogens is 3. The molecule has 0 radical (unpaired) electrons. The molecule has 0 atom stereocenters. The second kappa shape index (κ2) is 8.65. The Morgan fingerprint density at radius 2 is 1.94 bits per heavy atom. The Bertz CT molecular complexity index is 1150. The van der Waals surface area contributed by atoms with Crippen molar-refractivity contribution in [2.24, 2.45) is 0 Å². The van der Waals surface area contributed by atoms with E-state index in [1.165, 1.54) is 37.5 Å². The van der Waals surface area contributed by atoms with Crippen molar-refractivity contribution in [3.05, 3.63) is 30.0 Å². The molecular weight excluding hydrogens is 452 g/mol. The summed E-state index contributed by atoms with van der Waals surface area (Å²) in [6.45, 7) is 2.32. The monoisotopic (exact) mass is 478 g/mol. The Balaban J connectivity index is 1.38. The Labute approximate surface area is 190 Å². The molecule has 2 aliphatic rings. The summed E-state index contributed by atoms with van der Waals surface area (Å²) in [6, 6.07) is 6.92. The van der Waals surface area contributed by atoms with E-state index in [2.05, 4.69) is 42.6 Å². The summed E-state index contributed by atoms with van der Waals surface area (Å²) < 4.78 is 45.6. The van der Waals surface area contributed by atoms with Gasteiger partial charge in [-0.15, -0.1) is 0 Å². The van der Waals surface area contributed by atoms with Gasteiger partial charge >= 0.3 is 6.18 Å². The lowest BCUT2D eigenvalue weighted by Gasteiger charge is -2.32. The number of methoxy groups -OCH3 is 1. The van der Waals surface area contributed by atoms with Gasteiger partial charge in [-0.3, -0.25) is 4.90 Å². The van der Waals surface area contributed by atoms with Crippen molar-refractivity contribution < 1.29 is 17.9 Å². The molecule has 2 fully saturated rings. The van der Waals surface area contributed by atoms with Crippen LogP contribution in [0.15, 0.2) is 24.4 Å². The van der Waals surface area contributed by atoms with Gasteiger partial charge in [0.2, 0.25) is 5.95 Å². The number of H-pyrrole nitrogens is 1. The Morgan fingerprint density at radius 3 is 2.58 bits per heavy atom. The van der Waals surface area contributed by atoms with E-state index in [1.807, 2.05) is 6.07 Å². The standard InChI is InChI=1S/C22H26F3N6OP/c1-26-19-18-15(22(23,24)25)12-27-20(18)30-21(29-19)28-16-6-5-14(11-17(16)32-2)33-9-7-31(8-10-33)13-3-4-13/h5-6,11-13H,3-4,7-10H2,1-2H3,(H3,26,27,28,29,30). The molecule has 33 heavy (non-hydrogen) atoms. The molecule has 1 aliphatic heterocycles. The largest absolute Gasteiger partial charge is 0.495 e. The number of hydrogen-bond acceptors (Lipinski definition) is 6. The maximum atomic E-state index is 13.3. The zero-order chi connectivity index (χ0) is 23.2. The molecule has 0 bridgehead atoms. The van der Waals surface area contributed by atoms with Crippen LogP contribution in [0.1, 0.15) is 18.4 Å². The lowest BCUT2D eigenvalue weighted by molar-refractivity contribution is -0.136. The van der Waals surface area contributed by atoms with Crippen LogP contribution >= 0.6 is 7.92 Å². The van der Waals surface area contributed by atoms with E-state index >= 15 is 0 Å². The van der Waals surface area contributed by atoms with E-state index in [-0.39, 0.29) is 30.7 Å². The molecule has 3 heterocycles. The number of hydrogen-bond donors (Lipinski definition) is 3. The Kier molecular flexibility index (Phi) is 5.82. The first-order valence-electron chi connectivity index (χ1n) is 11.0. The SMILES string of the molecule is CNc1nc(Nc2ccc(P3CCN(C4CC4)CC3)cc2OC)nc2[nH]cc(C(F)(F)F)c12. The molecule has 1 saturated heterocycles. The van der Waals surface area contributed by atoms with Gasteiger partial charge in [-0.2, -0.15) is 23.1 Å². The average molecular weight is 478 g/mol. The molecule has 11 heteroatoms. The first-order chi connectivity index (χ1) is 15.9. The van der Waals surface area contributed by atoms with Crippen molar-refractivity contribution in [3.8, 4) is 5.75 Å². The molecule has 176 valence electrons. The van der Waals surface area contributed by atoms with Crippen LogP contribution in [0.25, 0.3) is 11.0 Å². The summed E-state index contributed by atoms with van der Waals surface area (Å²) >= 11 is 0. The second-order valence-electron chi connectivity index (χ2n) is 8.33. The van der Waals surface area contributed by atoms with Crippen LogP contribution in [0.5, 0.6) is 5.75 Å². The minimum atomic E-state index is -4.50. The number of fused-ring (bicyclic) bond motifs is 1. The molecule has 2 aromatic heterocycles. The first-order valence-corrected chi connectivity index (χ1v) is 12.7. The number of benzene rings is 1. The number of nitrogens with one attached hydrogen (secondary N) is 3. The van der Waals surface area contributed by atoms with E-state index < -0.39 is 11.7 Å². The third kappa shape index (κ3) is 4.46. The van der Waals surface area contributed by atoms with Crippen LogP contribution in [-0.4, -0.2) is 65.5 Å². The van der Waals surface area contributed by atoms with E-state index in [4.69, 9.17) is 4.74 Å². The minimum Gasteiger partial charge on any atom is -0.495 e. The van der Waals surface area contributed by atoms with Crippen molar-refractivity contribution in [1.29, 1.82) is 0 Å². The smallest absolute Gasteiger partial charge is 0.418 e. The zero-order valence-corrected chi connectivity index (χ0v) is 19.4. The number of anilines is 3. The van der Waals surface area contributed by atoms with Gasteiger partial charge in [0, 0.05) is 32.4 Å². The van der Waals surface area contributed by atoms with Gasteiger partial charge in [-0.1, -0.05) is 14.0 Å². The topological polar surface area (TPSA) is 78.1 Å². The summed E-state index contributed by atoms with van der Waals surface area (Å²) in [5, 5.41) is 7.07. The lowest BCUT2D eigenvalue weighted by Crippen LogP contribution is -2.37. The zero-order valence-electron chi connectivity index (χ0n) is 18.5. The average Bonchev–Trinajstić information content (AvgIpc) is 3.56. The fourth-order valence-corrected chi connectivity index (χ4v) is 6.70. The third-order valence-corrected chi connectivity index (χ3v) is 8.74. The van der Waals surface area contributed by atoms with Gasteiger partial charge in [0.25, 0.3) is 0 Å². The quantitative estimate of drug-likeness (QED) is 0.457. The number of aromatic nitrogens is 3. The predicted molar refractivity (Wildman–Crippen MR) is 126 cm³/mol. The molecule has 1 aromatic carbocycles. The summed E-state index contributed by atoms with van der Waals surface area (Å²) in [7, 11) is 2.91. The summed E-state index contributed by atoms with van der Waals surface area (Å²) in [5.41, 5.74) is -0.0344. The lowest BCUT2D eigenvalue weighted by atomic mass is 10.2. The van der Waals surface area contributed by atoms with Crippen LogP contribution in [0, 0.1) is 0 Å². The van der Waals surface area contributed by atoms with Crippen molar-refractivity contribution in [3.63, 3.8) is 0 Å². The number of aromatic amines is 1. The van der Waals surface area contributed by atoms with Crippen LogP contribution < -0.4 is 20.7 Å². The maximum absolute atomic E-state index is 13.3. The molecular formula is C22H26F3N6OP. The molecule has 7 nitrogen and oxygen atoms in total. The van der Waals surface area contributed by atoms with Gasteiger partial charge < -0.3 is 20.4 Å². The van der Waals surface area contributed by atoms with Gasteiger partial charge in [-0.25, -0.2) is 0 Å². The van der Waals surface area contributed by atoms with Crippen LogP contribution in [-0.2, 0) is 6.18 Å². The molecule has 0 amide bonds. The van der Waals surface area contributed by atoms with Gasteiger partial charge in [0.05, 0.1) is 23.7 Å². The highest BCUT2D eigenvalue weighted by Gasteiger charge is 2.35. The van der Waals surface area contributed by atoms with E-state index in [1.54, 1.807) is 7.11 Å². The normalized spacial score (nSPS) is 18.0. The molecule has 1 aliphatic carbocycles. The highest BCUT2D eigenvalue weighted by molar-refractivity contribution is 7.65. The van der Waals surface area contributed by atoms with Crippen LogP contribution in [0.2, 0.25) is 0 Å². The minimum absolute atomic E-state index is 0.0850. The van der Waals surface area contributed by atoms with Crippen molar-refractivity contribution in [2.75, 3.05) is 50.2 Å². The molecule has 3 aromatic rings. The first kappa shape index (κ1) is 22.2. The van der Waals surface area contributed by atoms with Gasteiger partial charge in [-0.05, 0) is 42.6 Å². The van der Waals surface area contributed by atoms with E-state index in [0.29, 0.717) is 11.4 Å². The number of rotatable bonds is 6. The Hall–Kier alpha value is -2.58. The fraction of sp³-hybridized carbons (Fsp3) is 0.455. The summed E-state index contributed by atoms with van der Waals surface area (Å²) in [5.74, 6) is 0.936. The fourth-order valence-electron chi connectivity index (χ4n) is 4.38. The maximum Gasteiger partial charge on any atom is 0.418 e. The molecule has 0 spiro atoms. The second-order valence-corrected chi connectivity index (χ2v) is 10.8.